The first-order valence-corrected chi connectivity index (χ1v) is 5.70. The highest BCUT2D eigenvalue weighted by molar-refractivity contribution is 5.87. The van der Waals surface area contributed by atoms with Crippen LogP contribution in [0, 0.1) is 5.92 Å². The highest BCUT2D eigenvalue weighted by Crippen LogP contribution is 2.25. The van der Waals surface area contributed by atoms with Crippen molar-refractivity contribution < 1.29 is 14.7 Å². The van der Waals surface area contributed by atoms with Crippen LogP contribution in [0.25, 0.3) is 0 Å². The van der Waals surface area contributed by atoms with Gasteiger partial charge in [-0.2, -0.15) is 0 Å². The largest absolute Gasteiger partial charge is 0.480 e. The third kappa shape index (κ3) is 2.72. The van der Waals surface area contributed by atoms with E-state index in [1.807, 2.05) is 0 Å². The molecule has 1 amide bonds. The third-order valence-electron chi connectivity index (χ3n) is 3.42. The minimum atomic E-state index is -1.16. The summed E-state index contributed by atoms with van der Waals surface area (Å²) in [6, 6.07) is 0.0773. The van der Waals surface area contributed by atoms with Crippen molar-refractivity contribution in [1.29, 1.82) is 0 Å². The maximum absolute atomic E-state index is 11.8. The first-order valence-electron chi connectivity index (χ1n) is 5.70. The van der Waals surface area contributed by atoms with E-state index in [4.69, 9.17) is 10.8 Å². The molecule has 0 aliphatic heterocycles. The molecule has 0 bridgehead atoms. The summed E-state index contributed by atoms with van der Waals surface area (Å²) in [5.41, 5.74) is 4.56. The molecule has 3 unspecified atom stereocenters. The molecule has 5 heteroatoms. The molecule has 0 spiro atoms. The third-order valence-corrected chi connectivity index (χ3v) is 3.42. The highest BCUT2D eigenvalue weighted by atomic mass is 16.4. The summed E-state index contributed by atoms with van der Waals surface area (Å²) in [6.45, 7) is 3.27. The van der Waals surface area contributed by atoms with Crippen LogP contribution in [0.3, 0.4) is 0 Å². The average Bonchev–Trinajstić information content (AvgIpc) is 2.64. The van der Waals surface area contributed by atoms with Crippen LogP contribution in [-0.4, -0.2) is 28.6 Å². The fourth-order valence-electron chi connectivity index (χ4n) is 1.92. The molecule has 1 aliphatic rings. The van der Waals surface area contributed by atoms with E-state index in [-0.39, 0.29) is 17.9 Å². The first kappa shape index (κ1) is 13.0. The summed E-state index contributed by atoms with van der Waals surface area (Å²) in [5.74, 6) is -1.30. The molecule has 0 aromatic carbocycles. The number of rotatable bonds is 4. The molecule has 4 N–H and O–H groups in total. The zero-order valence-electron chi connectivity index (χ0n) is 9.82. The van der Waals surface area contributed by atoms with E-state index in [1.54, 1.807) is 6.92 Å². The SMILES string of the molecule is CCC(C)(NC(=O)C1CCC(N)C1)C(=O)O. The van der Waals surface area contributed by atoms with Crippen LogP contribution in [0.5, 0.6) is 0 Å². The molecular weight excluding hydrogens is 208 g/mol. The molecule has 3 atom stereocenters. The number of carboxylic acid groups (broad SMARTS) is 1. The van der Waals surface area contributed by atoms with E-state index in [0.29, 0.717) is 12.8 Å². The Labute approximate surface area is 95.4 Å². The molecule has 1 fully saturated rings. The average molecular weight is 228 g/mol. The van der Waals surface area contributed by atoms with Gasteiger partial charge in [-0.05, 0) is 32.6 Å². The summed E-state index contributed by atoms with van der Waals surface area (Å²) in [6.07, 6.45) is 2.62. The first-order chi connectivity index (χ1) is 7.39. The van der Waals surface area contributed by atoms with E-state index in [0.717, 1.165) is 12.8 Å². The summed E-state index contributed by atoms with van der Waals surface area (Å²) < 4.78 is 0. The van der Waals surface area contributed by atoms with Gasteiger partial charge in [-0.25, -0.2) is 4.79 Å². The van der Waals surface area contributed by atoms with Crippen molar-refractivity contribution in [3.8, 4) is 0 Å². The number of carbonyl (C=O) groups excluding carboxylic acids is 1. The molecule has 5 nitrogen and oxygen atoms in total. The summed E-state index contributed by atoms with van der Waals surface area (Å²) in [4.78, 5) is 22.9. The molecule has 0 aromatic rings. The summed E-state index contributed by atoms with van der Waals surface area (Å²) >= 11 is 0. The van der Waals surface area contributed by atoms with Crippen LogP contribution in [0.2, 0.25) is 0 Å². The minimum absolute atomic E-state index is 0.0773. The van der Waals surface area contributed by atoms with E-state index in [9.17, 15) is 9.59 Å². The maximum Gasteiger partial charge on any atom is 0.329 e. The lowest BCUT2D eigenvalue weighted by Crippen LogP contribution is -2.53. The summed E-state index contributed by atoms with van der Waals surface area (Å²) in [5, 5.41) is 11.6. The predicted molar refractivity (Wildman–Crippen MR) is 59.8 cm³/mol. The normalized spacial score (nSPS) is 28.4. The zero-order chi connectivity index (χ0) is 12.3. The fourth-order valence-corrected chi connectivity index (χ4v) is 1.92. The predicted octanol–water partition coefficient (Wildman–Crippen LogP) is 0.483. The smallest absolute Gasteiger partial charge is 0.329 e. The van der Waals surface area contributed by atoms with Gasteiger partial charge in [0.05, 0.1) is 0 Å². The van der Waals surface area contributed by atoms with Crippen molar-refractivity contribution in [2.45, 2.75) is 51.1 Å². The van der Waals surface area contributed by atoms with Crippen LogP contribution in [0.4, 0.5) is 0 Å². The Hall–Kier alpha value is -1.10. The molecule has 0 saturated heterocycles. The Morgan fingerprint density at radius 2 is 2.12 bits per heavy atom. The van der Waals surface area contributed by atoms with Gasteiger partial charge in [-0.3, -0.25) is 4.79 Å². The van der Waals surface area contributed by atoms with Crippen molar-refractivity contribution in [2.75, 3.05) is 0 Å². The van der Waals surface area contributed by atoms with Crippen molar-refractivity contribution in [3.63, 3.8) is 0 Å². The van der Waals surface area contributed by atoms with Crippen molar-refractivity contribution in [1.82, 2.24) is 5.32 Å². The van der Waals surface area contributed by atoms with Gasteiger partial charge in [-0.15, -0.1) is 0 Å². The minimum Gasteiger partial charge on any atom is -0.480 e. The Bertz CT molecular complexity index is 293. The second-order valence-corrected chi connectivity index (χ2v) is 4.75. The molecule has 1 rings (SSSR count). The standard InChI is InChI=1S/C11H20N2O3/c1-3-11(2,10(15)16)13-9(14)7-4-5-8(12)6-7/h7-8H,3-6,12H2,1-2H3,(H,13,14)(H,15,16). The molecule has 92 valence electrons. The Morgan fingerprint density at radius 3 is 2.50 bits per heavy atom. The number of nitrogens with one attached hydrogen (secondary N) is 1. The van der Waals surface area contributed by atoms with Gasteiger partial charge in [0.1, 0.15) is 5.54 Å². The van der Waals surface area contributed by atoms with Gasteiger partial charge in [0.2, 0.25) is 5.91 Å². The number of hydrogen-bond acceptors (Lipinski definition) is 3. The van der Waals surface area contributed by atoms with Crippen molar-refractivity contribution in [3.05, 3.63) is 0 Å². The lowest BCUT2D eigenvalue weighted by molar-refractivity contribution is -0.147. The fraction of sp³-hybridized carbons (Fsp3) is 0.818. The molecule has 16 heavy (non-hydrogen) atoms. The second-order valence-electron chi connectivity index (χ2n) is 4.75. The number of carbonyl (C=O) groups is 2. The van der Waals surface area contributed by atoms with E-state index >= 15 is 0 Å². The summed E-state index contributed by atoms with van der Waals surface area (Å²) in [7, 11) is 0. The number of carboxylic acids is 1. The van der Waals surface area contributed by atoms with Crippen molar-refractivity contribution >= 4 is 11.9 Å². The topological polar surface area (TPSA) is 92.4 Å². The molecule has 1 aliphatic carbocycles. The number of aliphatic carboxylic acids is 1. The van der Waals surface area contributed by atoms with Gasteiger partial charge in [0.25, 0.3) is 0 Å². The Kier molecular flexibility index (Phi) is 3.91. The van der Waals surface area contributed by atoms with Gasteiger partial charge in [-0.1, -0.05) is 6.92 Å². The molecular formula is C11H20N2O3. The number of hydrogen-bond donors (Lipinski definition) is 3. The van der Waals surface area contributed by atoms with E-state index in [1.165, 1.54) is 6.92 Å². The van der Waals surface area contributed by atoms with E-state index < -0.39 is 11.5 Å². The second kappa shape index (κ2) is 4.82. The Morgan fingerprint density at radius 1 is 1.50 bits per heavy atom. The lowest BCUT2D eigenvalue weighted by atomic mass is 9.97. The van der Waals surface area contributed by atoms with Crippen LogP contribution >= 0.6 is 0 Å². The van der Waals surface area contributed by atoms with Gasteiger partial charge < -0.3 is 16.2 Å². The van der Waals surface area contributed by atoms with E-state index in [2.05, 4.69) is 5.32 Å². The van der Waals surface area contributed by atoms with Gasteiger partial charge in [0, 0.05) is 12.0 Å². The van der Waals surface area contributed by atoms with Crippen molar-refractivity contribution in [2.24, 2.45) is 11.7 Å². The molecule has 1 saturated carbocycles. The maximum atomic E-state index is 11.8. The number of amides is 1. The van der Waals surface area contributed by atoms with Gasteiger partial charge >= 0.3 is 5.97 Å². The van der Waals surface area contributed by atoms with Crippen LogP contribution in [-0.2, 0) is 9.59 Å². The lowest BCUT2D eigenvalue weighted by Gasteiger charge is -2.26. The van der Waals surface area contributed by atoms with Crippen LogP contribution < -0.4 is 11.1 Å². The quantitative estimate of drug-likeness (QED) is 0.652. The van der Waals surface area contributed by atoms with Crippen LogP contribution in [0.1, 0.15) is 39.5 Å². The molecule has 0 heterocycles. The number of nitrogens with two attached hydrogens (primary N) is 1. The highest BCUT2D eigenvalue weighted by Gasteiger charge is 2.36. The molecule has 0 aromatic heterocycles. The van der Waals surface area contributed by atoms with Gasteiger partial charge in [0.15, 0.2) is 0 Å². The van der Waals surface area contributed by atoms with Crippen LogP contribution in [0.15, 0.2) is 0 Å². The molecule has 0 radical (unpaired) electrons. The monoisotopic (exact) mass is 228 g/mol. The Balaban J connectivity index is 2.59. The zero-order valence-corrected chi connectivity index (χ0v) is 9.82.